The number of nitrogen functional groups attached to an aromatic ring is 1. The minimum absolute atomic E-state index is 0.107. The lowest BCUT2D eigenvalue weighted by atomic mass is 9.88. The number of anilines is 1. The number of ether oxygens (including phenoxy) is 1. The molecule has 0 bridgehead atoms. The van der Waals surface area contributed by atoms with Gasteiger partial charge < -0.3 is 35.8 Å². The van der Waals surface area contributed by atoms with Crippen molar-refractivity contribution in [1.29, 1.82) is 0 Å². The topological polar surface area (TPSA) is 233 Å². The summed E-state index contributed by atoms with van der Waals surface area (Å²) in [6.07, 6.45) is -4.70. The number of nitrogens with zero attached hydrogens (tertiary/aromatic N) is 4. The number of aromatic nitrogens is 4. The van der Waals surface area contributed by atoms with E-state index in [9.17, 15) is 29.6 Å². The first-order valence-electron chi connectivity index (χ1n) is 9.31. The fourth-order valence-corrected chi connectivity index (χ4v) is 3.92. The molecule has 1 saturated heterocycles. The van der Waals surface area contributed by atoms with E-state index in [1.165, 1.54) is 31.1 Å². The Morgan fingerprint density at radius 3 is 2.66 bits per heavy atom. The van der Waals surface area contributed by atoms with Crippen molar-refractivity contribution in [2.24, 2.45) is 5.41 Å². The number of fused-ring (bicyclic) bond motifs is 1. The van der Waals surface area contributed by atoms with Gasteiger partial charge in [-0.2, -0.15) is 0 Å². The predicted molar refractivity (Wildman–Crippen MR) is 105 cm³/mol. The van der Waals surface area contributed by atoms with Gasteiger partial charge in [0.05, 0.1) is 19.5 Å². The number of carbonyl (C=O) groups is 1. The zero-order valence-corrected chi connectivity index (χ0v) is 17.9. The van der Waals surface area contributed by atoms with Gasteiger partial charge in [0.25, 0.3) is 0 Å². The number of aliphatic hydroxyl groups excluding tert-OH is 3. The number of carboxylic acid groups (broad SMARTS) is 1. The number of hydrogen-bond acceptors (Lipinski definition) is 12. The Balaban J connectivity index is 1.63. The largest absolute Gasteiger partial charge is 0.479 e. The van der Waals surface area contributed by atoms with E-state index in [1.807, 2.05) is 0 Å². The first-order chi connectivity index (χ1) is 14.8. The smallest absolute Gasteiger partial charge is 0.472 e. The van der Waals surface area contributed by atoms with Gasteiger partial charge in [-0.15, -0.1) is 0 Å². The Kier molecular flexibility index (Phi) is 6.83. The van der Waals surface area contributed by atoms with Gasteiger partial charge in [0, 0.05) is 5.41 Å². The van der Waals surface area contributed by atoms with Crippen molar-refractivity contribution in [3.8, 4) is 0 Å². The number of phosphoric acid groups is 1. The maximum atomic E-state index is 12.2. The van der Waals surface area contributed by atoms with Gasteiger partial charge in [0.1, 0.15) is 30.2 Å². The highest BCUT2D eigenvalue weighted by Gasteiger charge is 2.45. The average Bonchev–Trinajstić information content (AvgIpc) is 3.27. The van der Waals surface area contributed by atoms with Crippen molar-refractivity contribution in [1.82, 2.24) is 19.5 Å². The van der Waals surface area contributed by atoms with Crippen LogP contribution in [0.25, 0.3) is 11.2 Å². The average molecular weight is 477 g/mol. The van der Waals surface area contributed by atoms with E-state index in [1.54, 1.807) is 0 Å². The number of aliphatic carboxylic acids is 1. The standard InChI is InChI=1S/C16H24N5O10P/c1-16(2,11(24)15(25)26)4-30-32(27,28)29-3-7-9(22)10(23)14(31-7)21-6-20-8-12(17)18-5-19-13(8)21/h5-7,9-11,14,22-24H,3-4H2,1-2H3,(H,25,26)(H,27,28)(H2,17,18,19)/t7-,9-,10-,11?,14-/m1/s1. The second-order valence-corrected chi connectivity index (χ2v) is 9.35. The Bertz CT molecular complexity index is 1030. The lowest BCUT2D eigenvalue weighted by Crippen LogP contribution is -2.39. The molecule has 15 nitrogen and oxygen atoms in total. The molecule has 6 atom stereocenters. The summed E-state index contributed by atoms with van der Waals surface area (Å²) in [5, 5.41) is 39.2. The van der Waals surface area contributed by atoms with Crippen LogP contribution in [0.15, 0.2) is 12.7 Å². The fraction of sp³-hybridized carbons (Fsp3) is 0.625. The summed E-state index contributed by atoms with van der Waals surface area (Å²) in [6.45, 7) is 1.38. The molecular weight excluding hydrogens is 453 g/mol. The number of phosphoric ester groups is 1. The van der Waals surface area contributed by atoms with E-state index < -0.39 is 63.1 Å². The third kappa shape index (κ3) is 4.89. The molecule has 16 heteroatoms. The Hall–Kier alpha value is -2.23. The van der Waals surface area contributed by atoms with Crippen molar-refractivity contribution in [3.05, 3.63) is 12.7 Å². The Labute approximate surface area is 181 Å². The number of hydrogen-bond donors (Lipinski definition) is 6. The molecule has 0 aliphatic carbocycles. The van der Waals surface area contributed by atoms with Gasteiger partial charge >= 0.3 is 13.8 Å². The summed E-state index contributed by atoms with van der Waals surface area (Å²) in [6, 6.07) is 0. The van der Waals surface area contributed by atoms with Crippen LogP contribution in [0.2, 0.25) is 0 Å². The highest BCUT2D eigenvalue weighted by molar-refractivity contribution is 7.47. The highest BCUT2D eigenvalue weighted by atomic mass is 31.2. The predicted octanol–water partition coefficient (Wildman–Crippen LogP) is -1.37. The van der Waals surface area contributed by atoms with Gasteiger partial charge in [0.2, 0.25) is 0 Å². The molecule has 0 radical (unpaired) electrons. The lowest BCUT2D eigenvalue weighted by molar-refractivity contribution is -0.154. The van der Waals surface area contributed by atoms with Crippen LogP contribution in [0, 0.1) is 5.41 Å². The Morgan fingerprint density at radius 1 is 1.31 bits per heavy atom. The van der Waals surface area contributed by atoms with Crippen molar-refractivity contribution < 1.29 is 48.5 Å². The van der Waals surface area contributed by atoms with Gasteiger partial charge in [0.15, 0.2) is 23.8 Å². The molecule has 0 amide bonds. The summed E-state index contributed by atoms with van der Waals surface area (Å²) < 4.78 is 28.7. The molecule has 0 spiro atoms. The van der Waals surface area contributed by atoms with Crippen LogP contribution in [0.4, 0.5) is 5.82 Å². The van der Waals surface area contributed by atoms with Crippen LogP contribution in [0.3, 0.4) is 0 Å². The first-order valence-corrected chi connectivity index (χ1v) is 10.8. The van der Waals surface area contributed by atoms with Crippen LogP contribution in [0.1, 0.15) is 20.1 Å². The molecule has 0 saturated carbocycles. The van der Waals surface area contributed by atoms with Crippen molar-refractivity contribution in [2.75, 3.05) is 18.9 Å². The van der Waals surface area contributed by atoms with E-state index in [-0.39, 0.29) is 17.0 Å². The number of rotatable bonds is 9. The van der Waals surface area contributed by atoms with Crippen LogP contribution in [-0.4, -0.2) is 88.4 Å². The minimum atomic E-state index is -4.72. The van der Waals surface area contributed by atoms with E-state index in [2.05, 4.69) is 15.0 Å². The van der Waals surface area contributed by atoms with Crippen molar-refractivity contribution in [2.45, 2.75) is 44.5 Å². The zero-order valence-electron chi connectivity index (χ0n) is 17.0. The minimum Gasteiger partial charge on any atom is -0.479 e. The third-order valence-electron chi connectivity index (χ3n) is 4.97. The third-order valence-corrected chi connectivity index (χ3v) is 5.90. The highest BCUT2D eigenvalue weighted by Crippen LogP contribution is 2.46. The summed E-state index contributed by atoms with van der Waals surface area (Å²) in [4.78, 5) is 32.7. The second-order valence-electron chi connectivity index (χ2n) is 7.90. The molecular formula is C16H24N5O10P. The molecule has 1 fully saturated rings. The quantitative estimate of drug-likeness (QED) is 0.229. The van der Waals surface area contributed by atoms with Crippen molar-refractivity contribution >= 4 is 30.8 Å². The molecule has 3 rings (SSSR count). The van der Waals surface area contributed by atoms with Crippen LogP contribution in [-0.2, 0) is 23.1 Å². The number of nitrogens with two attached hydrogens (primary N) is 1. The molecule has 0 aromatic carbocycles. The van der Waals surface area contributed by atoms with Gasteiger partial charge in [-0.3, -0.25) is 13.6 Å². The zero-order chi connectivity index (χ0) is 23.8. The molecule has 3 heterocycles. The van der Waals surface area contributed by atoms with Crippen LogP contribution < -0.4 is 5.73 Å². The molecule has 2 aromatic heterocycles. The number of carboxylic acids is 1. The van der Waals surface area contributed by atoms with E-state index in [0.717, 1.165) is 0 Å². The summed E-state index contributed by atoms with van der Waals surface area (Å²) >= 11 is 0. The maximum Gasteiger partial charge on any atom is 0.472 e. The molecule has 1 aliphatic heterocycles. The summed E-state index contributed by atoms with van der Waals surface area (Å²) in [7, 11) is -4.72. The number of aliphatic hydroxyl groups is 3. The molecule has 2 aromatic rings. The van der Waals surface area contributed by atoms with E-state index in [4.69, 9.17) is 24.6 Å². The normalized spacial score (nSPS) is 26.8. The summed E-state index contributed by atoms with van der Waals surface area (Å²) in [5.74, 6) is -1.41. The SMILES string of the molecule is CC(C)(COP(=O)(O)OC[C@H]1O[C@@H](n2cnc3c(N)ncnc32)[C@H](O)[C@@H]1O)C(O)C(=O)O. The molecule has 7 N–H and O–H groups in total. The molecule has 1 aliphatic rings. The molecule has 32 heavy (non-hydrogen) atoms. The van der Waals surface area contributed by atoms with Crippen LogP contribution in [0.5, 0.6) is 0 Å². The van der Waals surface area contributed by atoms with Gasteiger partial charge in [-0.25, -0.2) is 24.3 Å². The van der Waals surface area contributed by atoms with Crippen LogP contribution >= 0.6 is 7.82 Å². The van der Waals surface area contributed by atoms with Gasteiger partial charge in [-0.1, -0.05) is 13.8 Å². The molecule has 178 valence electrons. The summed E-state index contributed by atoms with van der Waals surface area (Å²) in [5.41, 5.74) is 4.83. The van der Waals surface area contributed by atoms with Gasteiger partial charge in [-0.05, 0) is 0 Å². The maximum absolute atomic E-state index is 12.2. The fourth-order valence-electron chi connectivity index (χ4n) is 3.02. The first kappa shape index (κ1) is 24.4. The van der Waals surface area contributed by atoms with E-state index >= 15 is 0 Å². The molecule has 2 unspecified atom stereocenters. The monoisotopic (exact) mass is 477 g/mol. The second kappa shape index (κ2) is 8.96. The Morgan fingerprint density at radius 2 is 2.00 bits per heavy atom. The number of imidazole rings is 1. The lowest BCUT2D eigenvalue weighted by Gasteiger charge is -2.28. The van der Waals surface area contributed by atoms with E-state index in [0.29, 0.717) is 0 Å². The van der Waals surface area contributed by atoms with Crippen molar-refractivity contribution in [3.63, 3.8) is 0 Å².